The first-order valence-electron chi connectivity index (χ1n) is 10.0. The van der Waals surface area contributed by atoms with Gasteiger partial charge in [-0.15, -0.1) is 0 Å². The molecule has 1 heterocycles. The summed E-state index contributed by atoms with van der Waals surface area (Å²) in [7, 11) is -0.273. The van der Waals surface area contributed by atoms with Crippen LogP contribution >= 0.6 is 0 Å². The summed E-state index contributed by atoms with van der Waals surface area (Å²) < 4.78 is 32.0. The van der Waals surface area contributed by atoms with Gasteiger partial charge in [0.25, 0.3) is 0 Å². The Morgan fingerprint density at radius 3 is 2.14 bits per heavy atom. The zero-order valence-corrected chi connectivity index (χ0v) is 17.0. The van der Waals surface area contributed by atoms with E-state index in [-0.39, 0.29) is 35.9 Å². The molecule has 2 aliphatic rings. The van der Waals surface area contributed by atoms with Gasteiger partial charge in [0.05, 0.1) is 24.4 Å². The van der Waals surface area contributed by atoms with Crippen LogP contribution in [0.5, 0.6) is 0 Å². The summed E-state index contributed by atoms with van der Waals surface area (Å²) in [4.78, 5) is 0. The van der Waals surface area contributed by atoms with Gasteiger partial charge in [-0.2, -0.15) is 0 Å². The number of ether oxygens (including phenoxy) is 1. The minimum absolute atomic E-state index is 0.210. The van der Waals surface area contributed by atoms with E-state index in [4.69, 9.17) is 14.0 Å². The maximum absolute atomic E-state index is 13.4. The fourth-order valence-electron chi connectivity index (χ4n) is 4.07. The highest BCUT2D eigenvalue weighted by Crippen LogP contribution is 2.63. The lowest BCUT2D eigenvalue weighted by Gasteiger charge is -2.32. The van der Waals surface area contributed by atoms with Crippen LogP contribution in [0.2, 0.25) is 5.82 Å². The fraction of sp³-hybridized carbons (Fsp3) is 0.478. The number of hydrogen-bond acceptors (Lipinski definition) is 3. The molecule has 1 aliphatic heterocycles. The van der Waals surface area contributed by atoms with Crippen molar-refractivity contribution in [2.45, 2.75) is 57.2 Å². The Hall–Kier alpha value is -1.69. The molecular formula is C23H28BFO3. The molecule has 0 bridgehead atoms. The Kier molecular flexibility index (Phi) is 5.11. The maximum atomic E-state index is 13.4. The average molecular weight is 382 g/mol. The number of benzene rings is 2. The molecule has 28 heavy (non-hydrogen) atoms. The van der Waals surface area contributed by atoms with Gasteiger partial charge in [0.1, 0.15) is 5.82 Å². The molecule has 1 saturated heterocycles. The van der Waals surface area contributed by atoms with Crippen molar-refractivity contribution in [2.75, 3.05) is 6.61 Å². The van der Waals surface area contributed by atoms with Crippen molar-refractivity contribution in [3.05, 3.63) is 71.5 Å². The zero-order chi connectivity index (χ0) is 19.9. The highest BCUT2D eigenvalue weighted by Gasteiger charge is 2.65. The number of hydrogen-bond donors (Lipinski definition) is 0. The number of halogens is 1. The van der Waals surface area contributed by atoms with E-state index in [0.29, 0.717) is 19.1 Å². The Morgan fingerprint density at radius 2 is 1.54 bits per heavy atom. The molecule has 0 radical (unpaired) electrons. The maximum Gasteiger partial charge on any atom is 0.462 e. The molecule has 1 aliphatic carbocycles. The molecule has 0 amide bonds. The van der Waals surface area contributed by atoms with Crippen molar-refractivity contribution < 1.29 is 18.4 Å². The van der Waals surface area contributed by atoms with Crippen LogP contribution in [0.15, 0.2) is 54.6 Å². The van der Waals surface area contributed by atoms with Gasteiger partial charge in [-0.1, -0.05) is 42.5 Å². The van der Waals surface area contributed by atoms with E-state index in [1.54, 1.807) is 0 Å². The topological polar surface area (TPSA) is 27.7 Å². The molecule has 0 N–H and O–H groups in total. The highest BCUT2D eigenvalue weighted by atomic mass is 19.1. The molecule has 2 aromatic carbocycles. The van der Waals surface area contributed by atoms with Gasteiger partial charge >= 0.3 is 7.12 Å². The Bertz CT molecular complexity index is 790. The third kappa shape index (κ3) is 3.76. The standard InChI is InChI=1S/C23H28BFO3/c1-22(2)23(3,4)28-24(27-22)21-19(15-26-14-16-8-6-5-7-9-16)20(21)17-10-12-18(25)13-11-17/h5-13,19-21H,14-15H2,1-4H3/t19-,20-,21-/m0/s1. The van der Waals surface area contributed by atoms with Crippen LogP contribution in [0.1, 0.15) is 44.7 Å². The smallest absolute Gasteiger partial charge is 0.403 e. The minimum Gasteiger partial charge on any atom is -0.403 e. The quantitative estimate of drug-likeness (QED) is 0.642. The first-order valence-corrected chi connectivity index (χ1v) is 10.0. The Morgan fingerprint density at radius 1 is 0.929 bits per heavy atom. The van der Waals surface area contributed by atoms with Crippen LogP contribution in [0.4, 0.5) is 4.39 Å². The van der Waals surface area contributed by atoms with Crippen molar-refractivity contribution >= 4 is 7.12 Å². The monoisotopic (exact) mass is 382 g/mol. The Labute approximate surface area is 167 Å². The predicted molar refractivity (Wildman–Crippen MR) is 109 cm³/mol. The molecular weight excluding hydrogens is 354 g/mol. The van der Waals surface area contributed by atoms with E-state index < -0.39 is 0 Å². The minimum atomic E-state index is -0.358. The van der Waals surface area contributed by atoms with E-state index in [2.05, 4.69) is 39.8 Å². The van der Waals surface area contributed by atoms with Gasteiger partial charge in [-0.05, 0) is 62.8 Å². The van der Waals surface area contributed by atoms with E-state index in [9.17, 15) is 4.39 Å². The van der Waals surface area contributed by atoms with Crippen LogP contribution in [-0.2, 0) is 20.7 Å². The van der Waals surface area contributed by atoms with Crippen molar-refractivity contribution in [1.29, 1.82) is 0 Å². The zero-order valence-electron chi connectivity index (χ0n) is 17.0. The summed E-state index contributed by atoms with van der Waals surface area (Å²) in [6.07, 6.45) is 0. The third-order valence-electron chi connectivity index (χ3n) is 6.49. The van der Waals surface area contributed by atoms with Crippen molar-refractivity contribution in [3.63, 3.8) is 0 Å². The molecule has 5 heteroatoms. The summed E-state index contributed by atoms with van der Waals surface area (Å²) in [5.41, 5.74) is 1.56. The van der Waals surface area contributed by atoms with E-state index in [1.165, 1.54) is 12.1 Å². The SMILES string of the molecule is CC1(C)OB([C@H]2[C@@H](COCc3ccccc3)[C@@H]2c2ccc(F)cc2)OC1(C)C. The largest absolute Gasteiger partial charge is 0.462 e. The van der Waals surface area contributed by atoms with Crippen LogP contribution < -0.4 is 0 Å². The molecule has 2 fully saturated rings. The fourth-order valence-corrected chi connectivity index (χ4v) is 4.07. The summed E-state index contributed by atoms with van der Waals surface area (Å²) in [5.74, 6) is 0.547. The highest BCUT2D eigenvalue weighted by molar-refractivity contribution is 6.49. The van der Waals surface area contributed by atoms with Gasteiger partial charge in [0.2, 0.25) is 0 Å². The van der Waals surface area contributed by atoms with E-state index in [0.717, 1.165) is 11.1 Å². The van der Waals surface area contributed by atoms with E-state index in [1.807, 2.05) is 30.3 Å². The molecule has 1 saturated carbocycles. The Balaban J connectivity index is 1.47. The normalized spacial score (nSPS) is 27.8. The molecule has 0 aromatic heterocycles. The lowest BCUT2D eigenvalue weighted by atomic mass is 9.79. The second kappa shape index (κ2) is 7.29. The van der Waals surface area contributed by atoms with Crippen LogP contribution in [-0.4, -0.2) is 24.9 Å². The van der Waals surface area contributed by atoms with Crippen molar-refractivity contribution in [2.24, 2.45) is 5.92 Å². The molecule has 0 spiro atoms. The summed E-state index contributed by atoms with van der Waals surface area (Å²) in [6, 6.07) is 17.0. The van der Waals surface area contributed by atoms with Crippen LogP contribution in [0, 0.1) is 11.7 Å². The number of rotatable bonds is 6. The average Bonchev–Trinajstić information content (AvgIpc) is 3.30. The summed E-state index contributed by atoms with van der Waals surface area (Å²) >= 11 is 0. The predicted octanol–water partition coefficient (Wildman–Crippen LogP) is 5.22. The third-order valence-corrected chi connectivity index (χ3v) is 6.49. The first-order chi connectivity index (χ1) is 13.3. The van der Waals surface area contributed by atoms with Crippen LogP contribution in [0.3, 0.4) is 0 Å². The summed E-state index contributed by atoms with van der Waals surface area (Å²) in [5, 5.41) is 0. The van der Waals surface area contributed by atoms with Gasteiger partial charge in [0, 0.05) is 5.82 Å². The van der Waals surface area contributed by atoms with Crippen molar-refractivity contribution in [3.8, 4) is 0 Å². The van der Waals surface area contributed by atoms with E-state index >= 15 is 0 Å². The van der Waals surface area contributed by atoms with Gasteiger partial charge in [-0.25, -0.2) is 4.39 Å². The van der Waals surface area contributed by atoms with Gasteiger partial charge < -0.3 is 14.0 Å². The first kappa shape index (κ1) is 19.6. The second-order valence-electron chi connectivity index (χ2n) is 8.94. The van der Waals surface area contributed by atoms with Crippen molar-refractivity contribution in [1.82, 2.24) is 0 Å². The molecule has 3 nitrogen and oxygen atoms in total. The lowest BCUT2D eigenvalue weighted by Crippen LogP contribution is -2.41. The van der Waals surface area contributed by atoms with Gasteiger partial charge in [0.15, 0.2) is 0 Å². The summed E-state index contributed by atoms with van der Waals surface area (Å²) in [6.45, 7) is 9.51. The molecule has 3 atom stereocenters. The van der Waals surface area contributed by atoms with Gasteiger partial charge in [-0.3, -0.25) is 0 Å². The second-order valence-corrected chi connectivity index (χ2v) is 8.94. The van der Waals surface area contributed by atoms with Crippen LogP contribution in [0.25, 0.3) is 0 Å². The lowest BCUT2D eigenvalue weighted by molar-refractivity contribution is 0.00578. The molecule has 4 rings (SSSR count). The molecule has 0 unspecified atom stereocenters. The molecule has 2 aromatic rings. The molecule has 148 valence electrons.